The Hall–Kier alpha value is -1.77. The summed E-state index contributed by atoms with van der Waals surface area (Å²) in [4.78, 5) is 12.5. The third-order valence-electron chi connectivity index (χ3n) is 4.05. The van der Waals surface area contributed by atoms with Crippen LogP contribution in [0.1, 0.15) is 24.3 Å². The van der Waals surface area contributed by atoms with E-state index < -0.39 is 0 Å². The minimum Gasteiger partial charge on any atom is -0.381 e. The van der Waals surface area contributed by atoms with Crippen molar-refractivity contribution in [3.8, 4) is 0 Å². The summed E-state index contributed by atoms with van der Waals surface area (Å²) in [6.45, 7) is 1.74. The van der Waals surface area contributed by atoms with Gasteiger partial charge in [-0.2, -0.15) is 0 Å². The van der Waals surface area contributed by atoms with Crippen molar-refractivity contribution in [3.05, 3.63) is 29.5 Å². The third kappa shape index (κ3) is 3.77. The SMILES string of the molecule is COCc1nnc(NC(=O)CC2(n3cccc3)CCOCC2)s1. The largest absolute Gasteiger partial charge is 0.381 e. The van der Waals surface area contributed by atoms with Gasteiger partial charge < -0.3 is 19.4 Å². The Kier molecular flexibility index (Phi) is 5.04. The zero-order valence-electron chi connectivity index (χ0n) is 13.0. The number of carbonyl (C=O) groups is 1. The van der Waals surface area contributed by atoms with Gasteiger partial charge in [0.15, 0.2) is 0 Å². The van der Waals surface area contributed by atoms with E-state index >= 15 is 0 Å². The smallest absolute Gasteiger partial charge is 0.228 e. The van der Waals surface area contributed by atoms with Gasteiger partial charge in [-0.15, -0.1) is 10.2 Å². The van der Waals surface area contributed by atoms with E-state index in [1.807, 2.05) is 24.5 Å². The maximum absolute atomic E-state index is 12.5. The Morgan fingerprint density at radius 1 is 1.39 bits per heavy atom. The Labute approximate surface area is 138 Å². The van der Waals surface area contributed by atoms with Gasteiger partial charge in [0.1, 0.15) is 11.6 Å². The fraction of sp³-hybridized carbons (Fsp3) is 0.533. The lowest BCUT2D eigenvalue weighted by atomic mass is 9.86. The van der Waals surface area contributed by atoms with Gasteiger partial charge in [-0.05, 0) is 25.0 Å². The summed E-state index contributed by atoms with van der Waals surface area (Å²) >= 11 is 1.33. The van der Waals surface area contributed by atoms with Crippen LogP contribution in [0.15, 0.2) is 24.5 Å². The van der Waals surface area contributed by atoms with Gasteiger partial charge >= 0.3 is 0 Å². The minimum atomic E-state index is -0.230. The van der Waals surface area contributed by atoms with Crippen LogP contribution in [0.5, 0.6) is 0 Å². The Balaban J connectivity index is 1.68. The van der Waals surface area contributed by atoms with Gasteiger partial charge in [0.05, 0.1) is 12.0 Å². The molecule has 7 nitrogen and oxygen atoms in total. The highest BCUT2D eigenvalue weighted by Crippen LogP contribution is 2.33. The van der Waals surface area contributed by atoms with Crippen LogP contribution in [-0.2, 0) is 26.4 Å². The van der Waals surface area contributed by atoms with Crippen molar-refractivity contribution in [1.82, 2.24) is 14.8 Å². The molecule has 23 heavy (non-hydrogen) atoms. The minimum absolute atomic E-state index is 0.0549. The van der Waals surface area contributed by atoms with E-state index in [4.69, 9.17) is 9.47 Å². The van der Waals surface area contributed by atoms with Crippen molar-refractivity contribution in [1.29, 1.82) is 0 Å². The fourth-order valence-corrected chi connectivity index (χ4v) is 3.60. The highest BCUT2D eigenvalue weighted by Gasteiger charge is 2.36. The number of methoxy groups -OCH3 is 1. The molecule has 1 amide bonds. The second-order valence-corrected chi connectivity index (χ2v) is 6.65. The molecule has 1 aliphatic rings. The Bertz CT molecular complexity index is 635. The molecule has 0 spiro atoms. The van der Waals surface area contributed by atoms with E-state index in [0.717, 1.165) is 17.8 Å². The first-order chi connectivity index (χ1) is 11.2. The van der Waals surface area contributed by atoms with Crippen molar-refractivity contribution in [2.75, 3.05) is 25.6 Å². The molecule has 0 radical (unpaired) electrons. The lowest BCUT2D eigenvalue weighted by Crippen LogP contribution is -2.42. The zero-order valence-corrected chi connectivity index (χ0v) is 13.8. The van der Waals surface area contributed by atoms with Gasteiger partial charge in [0.2, 0.25) is 11.0 Å². The molecule has 0 aliphatic carbocycles. The number of rotatable bonds is 6. The highest BCUT2D eigenvalue weighted by molar-refractivity contribution is 7.15. The predicted octanol–water partition coefficient (Wildman–Crippen LogP) is 2.02. The Morgan fingerprint density at radius 2 is 2.13 bits per heavy atom. The molecule has 124 valence electrons. The van der Waals surface area contributed by atoms with Crippen LogP contribution in [0.3, 0.4) is 0 Å². The molecule has 1 N–H and O–H groups in total. The molecule has 2 aromatic heterocycles. The van der Waals surface area contributed by atoms with Crippen LogP contribution in [0, 0.1) is 0 Å². The number of amides is 1. The van der Waals surface area contributed by atoms with Crippen LogP contribution < -0.4 is 5.32 Å². The summed E-state index contributed by atoms with van der Waals surface area (Å²) in [6, 6.07) is 3.97. The maximum atomic E-state index is 12.5. The molecule has 1 saturated heterocycles. The van der Waals surface area contributed by atoms with Gasteiger partial charge in [0, 0.05) is 32.7 Å². The van der Waals surface area contributed by atoms with Gasteiger partial charge in [-0.3, -0.25) is 4.79 Å². The summed E-state index contributed by atoms with van der Waals surface area (Å²) in [6.07, 6.45) is 6.06. The molecule has 0 atom stereocenters. The van der Waals surface area contributed by atoms with E-state index in [1.54, 1.807) is 7.11 Å². The molecule has 0 unspecified atom stereocenters. The van der Waals surface area contributed by atoms with Crippen molar-refractivity contribution in [3.63, 3.8) is 0 Å². The quantitative estimate of drug-likeness (QED) is 0.873. The molecule has 2 aromatic rings. The second-order valence-electron chi connectivity index (χ2n) is 5.59. The maximum Gasteiger partial charge on any atom is 0.228 e. The van der Waals surface area contributed by atoms with E-state index in [2.05, 4.69) is 20.1 Å². The molecular formula is C15H20N4O3S. The number of ether oxygens (including phenoxy) is 2. The first kappa shape index (κ1) is 16.1. The molecule has 0 bridgehead atoms. The number of nitrogens with zero attached hydrogens (tertiary/aromatic N) is 3. The Morgan fingerprint density at radius 3 is 2.83 bits per heavy atom. The van der Waals surface area contributed by atoms with Crippen LogP contribution in [0.4, 0.5) is 5.13 Å². The molecule has 0 saturated carbocycles. The number of anilines is 1. The predicted molar refractivity (Wildman–Crippen MR) is 86.3 cm³/mol. The second kappa shape index (κ2) is 7.20. The molecular weight excluding hydrogens is 316 g/mol. The molecule has 3 rings (SSSR count). The lowest BCUT2D eigenvalue weighted by molar-refractivity contribution is -0.119. The summed E-state index contributed by atoms with van der Waals surface area (Å²) < 4.78 is 12.6. The highest BCUT2D eigenvalue weighted by atomic mass is 32.1. The van der Waals surface area contributed by atoms with Gasteiger partial charge in [-0.25, -0.2) is 0 Å². The first-order valence-corrected chi connectivity index (χ1v) is 8.36. The molecule has 8 heteroatoms. The van der Waals surface area contributed by atoms with E-state index in [9.17, 15) is 4.79 Å². The van der Waals surface area contributed by atoms with Crippen LogP contribution in [0.25, 0.3) is 0 Å². The average Bonchev–Trinajstić information content (AvgIpc) is 3.21. The number of hydrogen-bond acceptors (Lipinski definition) is 6. The monoisotopic (exact) mass is 336 g/mol. The van der Waals surface area contributed by atoms with E-state index in [1.165, 1.54) is 11.3 Å². The van der Waals surface area contributed by atoms with E-state index in [-0.39, 0.29) is 11.4 Å². The lowest BCUT2D eigenvalue weighted by Gasteiger charge is -2.38. The number of hydrogen-bond donors (Lipinski definition) is 1. The molecule has 0 aromatic carbocycles. The average molecular weight is 336 g/mol. The summed E-state index contributed by atoms with van der Waals surface area (Å²) in [5, 5.41) is 12.1. The number of carbonyl (C=O) groups excluding carboxylic acids is 1. The van der Waals surface area contributed by atoms with E-state index in [0.29, 0.717) is 31.4 Å². The van der Waals surface area contributed by atoms with Gasteiger partial charge in [-0.1, -0.05) is 11.3 Å². The van der Waals surface area contributed by atoms with Gasteiger partial charge in [0.25, 0.3) is 0 Å². The first-order valence-electron chi connectivity index (χ1n) is 7.54. The van der Waals surface area contributed by atoms with Crippen molar-refractivity contribution in [2.45, 2.75) is 31.4 Å². The summed E-state index contributed by atoms with van der Waals surface area (Å²) in [5.74, 6) is -0.0549. The van der Waals surface area contributed by atoms with Crippen molar-refractivity contribution in [2.24, 2.45) is 0 Å². The number of aromatic nitrogens is 3. The third-order valence-corrected chi connectivity index (χ3v) is 4.86. The molecule has 3 heterocycles. The summed E-state index contributed by atoms with van der Waals surface area (Å²) in [7, 11) is 1.60. The van der Waals surface area contributed by atoms with Crippen molar-refractivity contribution >= 4 is 22.4 Å². The number of nitrogens with one attached hydrogen (secondary N) is 1. The fourth-order valence-electron chi connectivity index (χ4n) is 2.88. The summed E-state index contributed by atoms with van der Waals surface area (Å²) in [5.41, 5.74) is -0.230. The normalized spacial score (nSPS) is 17.1. The molecule has 1 aliphatic heterocycles. The van der Waals surface area contributed by atoms with Crippen LogP contribution >= 0.6 is 11.3 Å². The topological polar surface area (TPSA) is 78.3 Å². The van der Waals surface area contributed by atoms with Crippen LogP contribution in [-0.4, -0.2) is 41.0 Å². The van der Waals surface area contributed by atoms with Crippen molar-refractivity contribution < 1.29 is 14.3 Å². The zero-order chi connectivity index (χ0) is 16.1. The molecule has 1 fully saturated rings. The van der Waals surface area contributed by atoms with Crippen LogP contribution in [0.2, 0.25) is 0 Å². The standard InChI is InChI=1S/C15H20N4O3S/c1-21-11-13-17-18-14(23-13)16-12(20)10-15(4-8-22-9-5-15)19-6-2-3-7-19/h2-3,6-7H,4-5,8-11H2,1H3,(H,16,18,20).